The first-order chi connectivity index (χ1) is 16.0. The fourth-order valence-corrected chi connectivity index (χ4v) is 6.37. The summed E-state index contributed by atoms with van der Waals surface area (Å²) >= 11 is 6.01. The van der Waals surface area contributed by atoms with E-state index in [9.17, 15) is 13.2 Å². The fourth-order valence-electron chi connectivity index (χ4n) is 4.56. The van der Waals surface area contributed by atoms with Crippen LogP contribution in [0.4, 0.5) is 0 Å². The van der Waals surface area contributed by atoms with Crippen LogP contribution in [-0.4, -0.2) is 38.8 Å². The van der Waals surface area contributed by atoms with E-state index in [1.165, 1.54) is 4.31 Å². The zero-order valence-electron chi connectivity index (χ0n) is 20.6. The summed E-state index contributed by atoms with van der Waals surface area (Å²) in [5.74, 6) is 0.516. The van der Waals surface area contributed by atoms with Gasteiger partial charge < -0.3 is 10.1 Å². The number of hydrogen-bond acceptors (Lipinski definition) is 4. The molecule has 0 bridgehead atoms. The number of methoxy groups -OCH3 is 1. The quantitative estimate of drug-likeness (QED) is 0.534. The number of nitrogens with zero attached hydrogens (tertiary/aromatic N) is 1. The molecule has 1 amide bonds. The first-order valence-electron chi connectivity index (χ1n) is 11.7. The lowest BCUT2D eigenvalue weighted by atomic mass is 9.92. The Kier molecular flexibility index (Phi) is 8.66. The molecule has 3 rings (SSSR count). The third-order valence-electron chi connectivity index (χ3n) is 6.45. The van der Waals surface area contributed by atoms with Crippen LogP contribution in [0, 0.1) is 12.8 Å². The molecule has 0 spiro atoms. The average Bonchev–Trinajstić information content (AvgIpc) is 2.78. The molecule has 2 atom stereocenters. The van der Waals surface area contributed by atoms with Crippen LogP contribution in [0.25, 0.3) is 0 Å². The van der Waals surface area contributed by atoms with Crippen LogP contribution in [0.3, 0.4) is 0 Å². The zero-order valence-corrected chi connectivity index (χ0v) is 22.2. The van der Waals surface area contributed by atoms with E-state index in [1.54, 1.807) is 31.4 Å². The van der Waals surface area contributed by atoms with Crippen molar-refractivity contribution in [1.29, 1.82) is 0 Å². The highest BCUT2D eigenvalue weighted by Crippen LogP contribution is 2.32. The minimum atomic E-state index is -3.55. The summed E-state index contributed by atoms with van der Waals surface area (Å²) in [5.41, 5.74) is 3.83. The van der Waals surface area contributed by atoms with Gasteiger partial charge >= 0.3 is 0 Å². The van der Waals surface area contributed by atoms with Crippen LogP contribution in [0.5, 0.6) is 5.75 Å². The molecule has 0 saturated carbocycles. The number of hydrogen-bond donors (Lipinski definition) is 1. The number of halogens is 1. The fraction of sp³-hybridized carbons (Fsp3) is 0.500. The van der Waals surface area contributed by atoms with Crippen molar-refractivity contribution in [2.24, 2.45) is 5.92 Å². The zero-order chi connectivity index (χ0) is 25.0. The highest BCUT2D eigenvalue weighted by molar-refractivity contribution is 7.88. The number of ether oxygens (including phenoxy) is 1. The topological polar surface area (TPSA) is 75.7 Å². The number of carbonyl (C=O) groups excluding carboxylic acids is 1. The summed E-state index contributed by atoms with van der Waals surface area (Å²) in [6.45, 7) is 8.82. The van der Waals surface area contributed by atoms with Gasteiger partial charge in [-0.3, -0.25) is 4.79 Å². The van der Waals surface area contributed by atoms with Gasteiger partial charge in [-0.05, 0) is 79.1 Å². The Balaban J connectivity index is 1.70. The number of benzene rings is 2. The van der Waals surface area contributed by atoms with Crippen molar-refractivity contribution in [3.63, 3.8) is 0 Å². The molecule has 0 radical (unpaired) electrons. The Morgan fingerprint density at radius 2 is 1.94 bits per heavy atom. The summed E-state index contributed by atoms with van der Waals surface area (Å²) in [7, 11) is -1.88. The van der Waals surface area contributed by atoms with Crippen LogP contribution in [0.1, 0.15) is 67.8 Å². The summed E-state index contributed by atoms with van der Waals surface area (Å²) in [4.78, 5) is 13.1. The molecule has 2 aromatic carbocycles. The molecule has 0 unspecified atom stereocenters. The van der Waals surface area contributed by atoms with Crippen molar-refractivity contribution in [2.75, 3.05) is 20.2 Å². The third kappa shape index (κ3) is 6.32. The van der Waals surface area contributed by atoms with E-state index in [0.29, 0.717) is 30.0 Å². The van der Waals surface area contributed by atoms with E-state index in [0.717, 1.165) is 22.4 Å². The van der Waals surface area contributed by atoms with E-state index in [2.05, 4.69) is 25.2 Å². The Bertz CT molecular complexity index is 1130. The Labute approximate surface area is 208 Å². The largest absolute Gasteiger partial charge is 0.496 e. The lowest BCUT2D eigenvalue weighted by molar-refractivity contribution is -0.126. The van der Waals surface area contributed by atoms with Gasteiger partial charge in [-0.25, -0.2) is 12.7 Å². The molecule has 0 aliphatic carbocycles. The normalized spacial score (nSPS) is 18.0. The molecule has 1 N–H and O–H groups in total. The third-order valence-corrected chi connectivity index (χ3v) is 8.50. The molecule has 1 fully saturated rings. The Hall–Kier alpha value is -2.09. The lowest BCUT2D eigenvalue weighted by Crippen LogP contribution is -2.46. The summed E-state index contributed by atoms with van der Waals surface area (Å²) in [6, 6.07) is 10.8. The van der Waals surface area contributed by atoms with Crippen molar-refractivity contribution >= 4 is 27.5 Å². The molecule has 2 aromatic rings. The van der Waals surface area contributed by atoms with Crippen molar-refractivity contribution in [1.82, 2.24) is 9.62 Å². The van der Waals surface area contributed by atoms with Crippen LogP contribution >= 0.6 is 11.6 Å². The number of carbonyl (C=O) groups is 1. The van der Waals surface area contributed by atoms with Gasteiger partial charge in [0.15, 0.2) is 0 Å². The SMILES string of the molecule is COc1cc(C)c([C@@H](C)NC(=O)[C@H]2CCCN(S(=O)(=O)Cc3cccc(Cl)c3)C2)cc1C(C)C. The van der Waals surface area contributed by atoms with E-state index >= 15 is 0 Å². The van der Waals surface area contributed by atoms with Crippen LogP contribution < -0.4 is 10.1 Å². The Morgan fingerprint density at radius 3 is 2.59 bits per heavy atom. The first-order valence-corrected chi connectivity index (χ1v) is 13.7. The van der Waals surface area contributed by atoms with Gasteiger partial charge in [0.1, 0.15) is 5.75 Å². The maximum Gasteiger partial charge on any atom is 0.224 e. The molecule has 186 valence electrons. The van der Waals surface area contributed by atoms with Crippen molar-refractivity contribution < 1.29 is 17.9 Å². The van der Waals surface area contributed by atoms with Crippen molar-refractivity contribution in [3.8, 4) is 5.75 Å². The molecule has 1 saturated heterocycles. The van der Waals surface area contributed by atoms with E-state index < -0.39 is 10.0 Å². The van der Waals surface area contributed by atoms with Gasteiger partial charge in [0.05, 0.1) is 24.8 Å². The highest BCUT2D eigenvalue weighted by Gasteiger charge is 2.33. The number of rotatable bonds is 8. The molecule has 8 heteroatoms. The van der Waals surface area contributed by atoms with Gasteiger partial charge in [-0.1, -0.05) is 37.6 Å². The predicted octanol–water partition coefficient (Wildman–Crippen LogP) is 5.20. The number of piperidine rings is 1. The second kappa shape index (κ2) is 11.1. The smallest absolute Gasteiger partial charge is 0.224 e. The molecule has 1 aliphatic rings. The lowest BCUT2D eigenvalue weighted by Gasteiger charge is -2.32. The number of aryl methyl sites for hydroxylation is 1. The Morgan fingerprint density at radius 1 is 1.21 bits per heavy atom. The van der Waals surface area contributed by atoms with Gasteiger partial charge in [-0.15, -0.1) is 0 Å². The van der Waals surface area contributed by atoms with Crippen molar-refractivity contribution in [3.05, 3.63) is 63.7 Å². The van der Waals surface area contributed by atoms with Crippen molar-refractivity contribution in [2.45, 2.75) is 58.2 Å². The number of nitrogens with one attached hydrogen (secondary N) is 1. The maximum atomic E-state index is 13.1. The molecule has 0 aromatic heterocycles. The van der Waals surface area contributed by atoms with E-state index in [1.807, 2.05) is 19.9 Å². The minimum absolute atomic E-state index is 0.114. The number of amides is 1. The maximum absolute atomic E-state index is 13.1. The summed E-state index contributed by atoms with van der Waals surface area (Å²) < 4.78 is 33.0. The second-order valence-electron chi connectivity index (χ2n) is 9.42. The predicted molar refractivity (Wildman–Crippen MR) is 137 cm³/mol. The van der Waals surface area contributed by atoms with Gasteiger partial charge in [0, 0.05) is 18.1 Å². The van der Waals surface area contributed by atoms with Gasteiger partial charge in [0.2, 0.25) is 15.9 Å². The monoisotopic (exact) mass is 506 g/mol. The van der Waals surface area contributed by atoms with Gasteiger partial charge in [-0.2, -0.15) is 0 Å². The van der Waals surface area contributed by atoms with Crippen LogP contribution in [0.2, 0.25) is 5.02 Å². The van der Waals surface area contributed by atoms with E-state index in [4.69, 9.17) is 16.3 Å². The summed E-state index contributed by atoms with van der Waals surface area (Å²) in [5, 5.41) is 3.63. The van der Waals surface area contributed by atoms with E-state index in [-0.39, 0.29) is 36.1 Å². The second-order valence-corrected chi connectivity index (χ2v) is 11.8. The molecule has 1 aliphatic heterocycles. The number of sulfonamides is 1. The first kappa shape index (κ1) is 26.5. The standard InChI is InChI=1S/C26H35ClN2O4S/c1-17(2)23-14-24(18(3)12-25(23)33-5)19(4)28-26(30)21-9-7-11-29(15-21)34(31,32)16-20-8-6-10-22(27)13-20/h6,8,10,12-14,17,19,21H,7,9,11,15-16H2,1-5H3,(H,28,30)/t19-,21+/m1/s1. The highest BCUT2D eigenvalue weighted by atomic mass is 35.5. The summed E-state index contributed by atoms with van der Waals surface area (Å²) in [6.07, 6.45) is 1.32. The minimum Gasteiger partial charge on any atom is -0.496 e. The molecular weight excluding hydrogens is 472 g/mol. The molecular formula is C26H35ClN2O4S. The van der Waals surface area contributed by atoms with Crippen LogP contribution in [0.15, 0.2) is 36.4 Å². The molecule has 34 heavy (non-hydrogen) atoms. The van der Waals surface area contributed by atoms with Crippen LogP contribution in [-0.2, 0) is 20.6 Å². The molecule has 6 nitrogen and oxygen atoms in total. The average molecular weight is 507 g/mol. The van der Waals surface area contributed by atoms with Gasteiger partial charge in [0.25, 0.3) is 0 Å². The molecule has 1 heterocycles.